The van der Waals surface area contributed by atoms with Gasteiger partial charge in [0.05, 0.1) is 6.20 Å². The third-order valence-electron chi connectivity index (χ3n) is 2.23. The number of fused-ring (bicyclic) bond motifs is 1. The number of hydrogen-bond acceptors (Lipinski definition) is 3. The van der Waals surface area contributed by atoms with E-state index >= 15 is 0 Å². The van der Waals surface area contributed by atoms with Crippen molar-refractivity contribution in [3.05, 3.63) is 48.8 Å². The van der Waals surface area contributed by atoms with Crippen molar-refractivity contribution in [3.8, 4) is 10.4 Å². The van der Waals surface area contributed by atoms with Gasteiger partial charge in [-0.05, 0) is 23.6 Å². The zero-order valence-electron chi connectivity index (χ0n) is 7.84. The van der Waals surface area contributed by atoms with Crippen molar-refractivity contribution in [2.75, 3.05) is 0 Å². The van der Waals surface area contributed by atoms with Crippen molar-refractivity contribution in [1.82, 2.24) is 10.2 Å². The molecule has 15 heavy (non-hydrogen) atoms. The first kappa shape index (κ1) is 8.56. The van der Waals surface area contributed by atoms with E-state index in [2.05, 4.69) is 40.7 Å². The first-order valence-electron chi connectivity index (χ1n) is 4.62. The van der Waals surface area contributed by atoms with E-state index in [-0.39, 0.29) is 0 Å². The first-order valence-corrected chi connectivity index (χ1v) is 5.43. The Morgan fingerprint density at radius 3 is 2.87 bits per heavy atom. The number of benzene rings is 1. The monoisotopic (exact) mass is 211 g/mol. The molecule has 1 aromatic carbocycles. The minimum absolute atomic E-state index is 1.01. The van der Waals surface area contributed by atoms with Gasteiger partial charge in [0.25, 0.3) is 0 Å². The molecule has 0 aliphatic heterocycles. The van der Waals surface area contributed by atoms with E-state index in [0.29, 0.717) is 0 Å². The highest BCUT2D eigenvalue weighted by molar-refractivity contribution is 7.22. The fourth-order valence-corrected chi connectivity index (χ4v) is 2.55. The predicted octanol–water partition coefficient (Wildman–Crippen LogP) is 3.16. The molecule has 0 saturated carbocycles. The summed E-state index contributed by atoms with van der Waals surface area (Å²) in [5.74, 6) is 0. The quantitative estimate of drug-likeness (QED) is 0.618. The highest BCUT2D eigenvalue weighted by atomic mass is 32.1. The smallest absolute Gasteiger partial charge is 0.123 e. The number of nitrogens with zero attached hydrogens (tertiary/aromatic N) is 2. The molecule has 1 radical (unpaired) electrons. The Morgan fingerprint density at radius 2 is 2.07 bits per heavy atom. The van der Waals surface area contributed by atoms with Crippen LogP contribution in [0.1, 0.15) is 0 Å². The van der Waals surface area contributed by atoms with Crippen LogP contribution < -0.4 is 0 Å². The first-order chi connectivity index (χ1) is 7.43. The van der Waals surface area contributed by atoms with Crippen LogP contribution >= 0.6 is 11.3 Å². The Balaban J connectivity index is 2.21. The summed E-state index contributed by atoms with van der Waals surface area (Å²) in [4.78, 5) is 1.19. The molecule has 71 valence electrons. The molecule has 0 fully saturated rings. The van der Waals surface area contributed by atoms with Crippen molar-refractivity contribution in [3.63, 3.8) is 0 Å². The van der Waals surface area contributed by atoms with Crippen molar-refractivity contribution in [2.45, 2.75) is 0 Å². The molecule has 0 amide bonds. The molecule has 3 rings (SSSR count). The highest BCUT2D eigenvalue weighted by Gasteiger charge is 2.03. The molecule has 3 heteroatoms. The van der Waals surface area contributed by atoms with E-state index in [1.54, 1.807) is 17.5 Å². The highest BCUT2D eigenvalue weighted by Crippen LogP contribution is 2.32. The maximum Gasteiger partial charge on any atom is 0.123 e. The molecule has 0 bridgehead atoms. The van der Waals surface area contributed by atoms with Crippen molar-refractivity contribution in [2.24, 2.45) is 0 Å². The van der Waals surface area contributed by atoms with E-state index in [1.165, 1.54) is 15.0 Å². The molecule has 0 N–H and O–H groups in total. The summed E-state index contributed by atoms with van der Waals surface area (Å²) in [6, 6.07) is 12.4. The number of hydrogen-bond donors (Lipinski definition) is 0. The van der Waals surface area contributed by atoms with Crippen LogP contribution in [0.5, 0.6) is 0 Å². The molecule has 2 aromatic heterocycles. The van der Waals surface area contributed by atoms with Gasteiger partial charge in [-0.3, -0.25) is 0 Å². The third kappa shape index (κ3) is 1.51. The normalized spacial score (nSPS) is 10.7. The van der Waals surface area contributed by atoms with Gasteiger partial charge in [0, 0.05) is 15.1 Å². The second-order valence-corrected chi connectivity index (χ2v) is 4.29. The Morgan fingerprint density at radius 1 is 1.13 bits per heavy atom. The summed E-state index contributed by atoms with van der Waals surface area (Å²) in [5, 5.41) is 8.75. The minimum Gasteiger partial charge on any atom is -0.158 e. The third-order valence-corrected chi connectivity index (χ3v) is 3.38. The summed E-state index contributed by atoms with van der Waals surface area (Å²) in [5.41, 5.74) is 1.01. The molecule has 0 atom stereocenters. The zero-order valence-corrected chi connectivity index (χ0v) is 8.66. The maximum absolute atomic E-state index is 3.76. The van der Waals surface area contributed by atoms with Crippen molar-refractivity contribution < 1.29 is 0 Å². The van der Waals surface area contributed by atoms with E-state index in [9.17, 15) is 0 Å². The van der Waals surface area contributed by atoms with Gasteiger partial charge in [-0.25, -0.2) is 0 Å². The predicted molar refractivity (Wildman–Crippen MR) is 61.7 cm³/mol. The standard InChI is InChI=1S/C12H7N2S/c1-2-4-11-9(3-1)7-12(15-11)10-5-6-13-14-8-10/h1-7H. The lowest BCUT2D eigenvalue weighted by atomic mass is 10.2. The fourth-order valence-electron chi connectivity index (χ4n) is 1.51. The van der Waals surface area contributed by atoms with E-state index in [0.717, 1.165) is 5.56 Å². The lowest BCUT2D eigenvalue weighted by Gasteiger charge is -1.90. The Hall–Kier alpha value is -1.74. The van der Waals surface area contributed by atoms with E-state index in [4.69, 9.17) is 0 Å². The van der Waals surface area contributed by atoms with Gasteiger partial charge in [-0.15, -0.1) is 16.4 Å². The summed E-state index contributed by atoms with van der Waals surface area (Å²) >= 11 is 1.75. The Labute approximate surface area is 91.2 Å². The minimum atomic E-state index is 1.01. The molecule has 0 aliphatic carbocycles. The molecule has 0 spiro atoms. The Bertz CT molecular complexity index is 554. The van der Waals surface area contributed by atoms with Gasteiger partial charge in [-0.1, -0.05) is 18.2 Å². The second kappa shape index (κ2) is 3.44. The molecular weight excluding hydrogens is 204 g/mol. The SMILES string of the molecule is [c]1nnccc1-c1cc2ccccc2s1. The molecule has 0 unspecified atom stereocenters. The molecule has 0 saturated heterocycles. The van der Waals surface area contributed by atoms with Crippen molar-refractivity contribution >= 4 is 21.4 Å². The summed E-state index contributed by atoms with van der Waals surface area (Å²) in [7, 11) is 0. The van der Waals surface area contributed by atoms with Crippen LogP contribution in [-0.4, -0.2) is 10.2 Å². The van der Waals surface area contributed by atoms with Gasteiger partial charge in [0.15, 0.2) is 0 Å². The number of thiophene rings is 1. The summed E-state index contributed by atoms with van der Waals surface area (Å²) in [6.07, 6.45) is 4.59. The van der Waals surface area contributed by atoms with Gasteiger partial charge < -0.3 is 0 Å². The van der Waals surface area contributed by atoms with Crippen LogP contribution in [-0.2, 0) is 0 Å². The van der Waals surface area contributed by atoms with Gasteiger partial charge in [-0.2, -0.15) is 5.10 Å². The maximum atomic E-state index is 3.76. The number of aromatic nitrogens is 2. The molecule has 2 nitrogen and oxygen atoms in total. The second-order valence-electron chi connectivity index (χ2n) is 3.21. The molecule has 0 aliphatic rings. The lowest BCUT2D eigenvalue weighted by Crippen LogP contribution is -1.79. The van der Waals surface area contributed by atoms with Crippen LogP contribution in [0.2, 0.25) is 0 Å². The van der Waals surface area contributed by atoms with E-state index < -0.39 is 0 Å². The topological polar surface area (TPSA) is 25.8 Å². The number of rotatable bonds is 1. The summed E-state index contributed by atoms with van der Waals surface area (Å²) < 4.78 is 1.29. The molecule has 3 aromatic rings. The van der Waals surface area contributed by atoms with Crippen LogP contribution in [0.15, 0.2) is 42.6 Å². The molecular formula is C12H7N2S. The van der Waals surface area contributed by atoms with Crippen molar-refractivity contribution in [1.29, 1.82) is 0 Å². The Kier molecular flexibility index (Phi) is 1.96. The van der Waals surface area contributed by atoms with Crippen LogP contribution in [0.3, 0.4) is 0 Å². The van der Waals surface area contributed by atoms with Crippen LogP contribution in [0.4, 0.5) is 0 Å². The van der Waals surface area contributed by atoms with Crippen LogP contribution in [0, 0.1) is 6.20 Å². The zero-order chi connectivity index (χ0) is 10.1. The fraction of sp³-hybridized carbons (Fsp3) is 0. The average molecular weight is 211 g/mol. The largest absolute Gasteiger partial charge is 0.158 e. The molecule has 2 heterocycles. The summed E-state index contributed by atoms with van der Waals surface area (Å²) in [6.45, 7) is 0. The average Bonchev–Trinajstić information content (AvgIpc) is 2.74. The van der Waals surface area contributed by atoms with Gasteiger partial charge >= 0.3 is 0 Å². The van der Waals surface area contributed by atoms with Gasteiger partial charge in [0.2, 0.25) is 0 Å². The van der Waals surface area contributed by atoms with E-state index in [1.807, 2.05) is 12.1 Å². The van der Waals surface area contributed by atoms with Gasteiger partial charge in [0.1, 0.15) is 6.20 Å². The van der Waals surface area contributed by atoms with Crippen LogP contribution in [0.25, 0.3) is 20.5 Å². The lowest BCUT2D eigenvalue weighted by molar-refractivity contribution is 1.03.